The van der Waals surface area contributed by atoms with Gasteiger partial charge in [0.15, 0.2) is 0 Å². The summed E-state index contributed by atoms with van der Waals surface area (Å²) in [5, 5.41) is 4.70. The van der Waals surface area contributed by atoms with Crippen molar-refractivity contribution >= 4 is 35.8 Å². The van der Waals surface area contributed by atoms with E-state index in [0.717, 1.165) is 24.1 Å². The zero-order valence-electron chi connectivity index (χ0n) is 8.28. The van der Waals surface area contributed by atoms with Gasteiger partial charge in [-0.3, -0.25) is 0 Å². The molecule has 0 spiro atoms. The maximum atomic E-state index is 5.71. The van der Waals surface area contributed by atoms with Gasteiger partial charge in [-0.1, -0.05) is 17.7 Å². The Balaban J connectivity index is 0.00000112. The molecule has 0 aliphatic carbocycles. The van der Waals surface area contributed by atoms with E-state index >= 15 is 0 Å². The van der Waals surface area contributed by atoms with Gasteiger partial charge in [-0.25, -0.2) is 4.98 Å². The highest BCUT2D eigenvalue weighted by molar-refractivity contribution is 7.99. The Labute approximate surface area is 106 Å². The van der Waals surface area contributed by atoms with Crippen LogP contribution in [0.5, 0.6) is 0 Å². The molecule has 1 aliphatic rings. The molecule has 2 rings (SSSR count). The van der Waals surface area contributed by atoms with Gasteiger partial charge in [-0.15, -0.1) is 12.4 Å². The van der Waals surface area contributed by atoms with Crippen LogP contribution in [-0.4, -0.2) is 23.3 Å². The van der Waals surface area contributed by atoms with Crippen molar-refractivity contribution in [1.82, 2.24) is 10.3 Å². The molecule has 0 aromatic carbocycles. The molecule has 1 atom stereocenters. The molecule has 5 heteroatoms. The summed E-state index contributed by atoms with van der Waals surface area (Å²) < 4.78 is 0. The van der Waals surface area contributed by atoms with Gasteiger partial charge in [-0.05, 0) is 24.6 Å². The Morgan fingerprint density at radius 1 is 1.53 bits per heavy atom. The summed E-state index contributed by atoms with van der Waals surface area (Å²) in [7, 11) is 0. The zero-order chi connectivity index (χ0) is 9.80. The van der Waals surface area contributed by atoms with E-state index in [9.17, 15) is 0 Å². The molecule has 1 N–H and O–H groups in total. The lowest BCUT2D eigenvalue weighted by Gasteiger charge is -2.07. The van der Waals surface area contributed by atoms with Crippen LogP contribution in [0.2, 0.25) is 5.15 Å². The quantitative estimate of drug-likeness (QED) is 0.851. The first-order valence-corrected chi connectivity index (χ1v) is 6.20. The minimum Gasteiger partial charge on any atom is -0.316 e. The SMILES string of the molecule is Cl.Clc1ccc(CSC2CCNC2)cn1. The molecule has 84 valence electrons. The van der Waals surface area contributed by atoms with Crippen molar-refractivity contribution in [2.45, 2.75) is 17.4 Å². The Morgan fingerprint density at radius 3 is 3.00 bits per heavy atom. The van der Waals surface area contributed by atoms with E-state index in [2.05, 4.69) is 10.3 Å². The first-order chi connectivity index (χ1) is 6.84. The summed E-state index contributed by atoms with van der Waals surface area (Å²) >= 11 is 7.71. The van der Waals surface area contributed by atoms with Gasteiger partial charge in [0.05, 0.1) is 0 Å². The average molecular weight is 265 g/mol. The summed E-state index contributed by atoms with van der Waals surface area (Å²) in [6.07, 6.45) is 3.14. The molecule has 0 bridgehead atoms. The minimum absolute atomic E-state index is 0. The monoisotopic (exact) mass is 264 g/mol. The van der Waals surface area contributed by atoms with E-state index in [1.165, 1.54) is 12.0 Å². The number of rotatable bonds is 3. The fourth-order valence-corrected chi connectivity index (χ4v) is 2.71. The average Bonchev–Trinajstić information content (AvgIpc) is 2.70. The van der Waals surface area contributed by atoms with Crippen molar-refractivity contribution < 1.29 is 0 Å². The van der Waals surface area contributed by atoms with Gasteiger partial charge in [0.25, 0.3) is 0 Å². The van der Waals surface area contributed by atoms with Crippen LogP contribution in [0.1, 0.15) is 12.0 Å². The van der Waals surface area contributed by atoms with Gasteiger partial charge >= 0.3 is 0 Å². The fourth-order valence-electron chi connectivity index (χ4n) is 1.48. The summed E-state index contributed by atoms with van der Waals surface area (Å²) in [5.74, 6) is 1.04. The number of pyridine rings is 1. The Kier molecular flexibility index (Phi) is 5.75. The topological polar surface area (TPSA) is 24.9 Å². The second kappa shape index (κ2) is 6.59. The molecule has 1 aliphatic heterocycles. The minimum atomic E-state index is 0. The normalized spacial score (nSPS) is 19.9. The molecule has 1 aromatic rings. The van der Waals surface area contributed by atoms with Crippen molar-refractivity contribution in [2.75, 3.05) is 13.1 Å². The zero-order valence-corrected chi connectivity index (χ0v) is 10.7. The highest BCUT2D eigenvalue weighted by Crippen LogP contribution is 2.22. The summed E-state index contributed by atoms with van der Waals surface area (Å²) in [5.41, 5.74) is 1.26. The van der Waals surface area contributed by atoms with E-state index < -0.39 is 0 Å². The van der Waals surface area contributed by atoms with Crippen molar-refractivity contribution in [3.63, 3.8) is 0 Å². The van der Waals surface area contributed by atoms with E-state index in [1.54, 1.807) is 0 Å². The Morgan fingerprint density at radius 2 is 2.40 bits per heavy atom. The van der Waals surface area contributed by atoms with Crippen LogP contribution in [0.3, 0.4) is 0 Å². The van der Waals surface area contributed by atoms with Crippen LogP contribution in [-0.2, 0) is 5.75 Å². The van der Waals surface area contributed by atoms with Gasteiger partial charge in [0, 0.05) is 23.7 Å². The van der Waals surface area contributed by atoms with Crippen LogP contribution in [0.4, 0.5) is 0 Å². The van der Waals surface area contributed by atoms with Crippen molar-refractivity contribution in [2.24, 2.45) is 0 Å². The highest BCUT2D eigenvalue weighted by atomic mass is 35.5. The van der Waals surface area contributed by atoms with Gasteiger partial charge < -0.3 is 5.32 Å². The largest absolute Gasteiger partial charge is 0.316 e. The van der Waals surface area contributed by atoms with Gasteiger partial charge in [0.1, 0.15) is 5.15 Å². The fraction of sp³-hybridized carbons (Fsp3) is 0.500. The lowest BCUT2D eigenvalue weighted by molar-refractivity contribution is 0.858. The molecule has 2 nitrogen and oxygen atoms in total. The summed E-state index contributed by atoms with van der Waals surface area (Å²) in [6.45, 7) is 2.31. The number of hydrogen-bond acceptors (Lipinski definition) is 3. The number of nitrogens with zero attached hydrogens (tertiary/aromatic N) is 1. The van der Waals surface area contributed by atoms with Crippen LogP contribution in [0, 0.1) is 0 Å². The van der Waals surface area contributed by atoms with Crippen LogP contribution in [0.25, 0.3) is 0 Å². The van der Waals surface area contributed by atoms with Crippen molar-refractivity contribution in [3.05, 3.63) is 29.0 Å². The van der Waals surface area contributed by atoms with Crippen molar-refractivity contribution in [1.29, 1.82) is 0 Å². The molecule has 2 heterocycles. The van der Waals surface area contributed by atoms with E-state index in [1.807, 2.05) is 30.1 Å². The summed E-state index contributed by atoms with van der Waals surface area (Å²) in [6, 6.07) is 3.90. The maximum absolute atomic E-state index is 5.71. The van der Waals surface area contributed by atoms with Crippen LogP contribution in [0.15, 0.2) is 18.3 Å². The smallest absolute Gasteiger partial charge is 0.129 e. The number of hydrogen-bond donors (Lipinski definition) is 1. The Hall–Kier alpha value is 0.0400. The number of halogens is 2. The molecular formula is C10H14Cl2N2S. The summed E-state index contributed by atoms with van der Waals surface area (Å²) in [4.78, 5) is 4.06. The predicted molar refractivity (Wildman–Crippen MR) is 69.1 cm³/mol. The third-order valence-corrected chi connectivity index (χ3v) is 3.89. The van der Waals surface area contributed by atoms with E-state index in [4.69, 9.17) is 11.6 Å². The standard InChI is InChI=1S/C10H13ClN2S.ClH/c11-10-2-1-8(5-13-10)7-14-9-3-4-12-6-9;/h1-2,5,9,12H,3-4,6-7H2;1H. The van der Waals surface area contributed by atoms with Gasteiger partial charge in [0.2, 0.25) is 0 Å². The Bertz CT molecular complexity index is 286. The molecule has 0 amide bonds. The molecule has 0 radical (unpaired) electrons. The van der Waals surface area contributed by atoms with E-state index in [-0.39, 0.29) is 12.4 Å². The molecule has 0 saturated carbocycles. The third kappa shape index (κ3) is 4.19. The second-order valence-electron chi connectivity index (χ2n) is 3.41. The first kappa shape index (κ1) is 13.1. The molecule has 15 heavy (non-hydrogen) atoms. The predicted octanol–water partition coefficient (Wildman–Crippen LogP) is 2.75. The number of thioether (sulfide) groups is 1. The number of aromatic nitrogens is 1. The first-order valence-electron chi connectivity index (χ1n) is 4.77. The second-order valence-corrected chi connectivity index (χ2v) is 5.09. The lowest BCUT2D eigenvalue weighted by atomic mass is 10.3. The maximum Gasteiger partial charge on any atom is 0.129 e. The van der Waals surface area contributed by atoms with E-state index in [0.29, 0.717) is 5.15 Å². The number of nitrogens with one attached hydrogen (secondary N) is 1. The van der Waals surface area contributed by atoms with Crippen molar-refractivity contribution in [3.8, 4) is 0 Å². The highest BCUT2D eigenvalue weighted by Gasteiger charge is 2.14. The third-order valence-electron chi connectivity index (χ3n) is 2.29. The lowest BCUT2D eigenvalue weighted by Crippen LogP contribution is -2.10. The molecular weight excluding hydrogens is 251 g/mol. The van der Waals surface area contributed by atoms with Crippen LogP contribution < -0.4 is 5.32 Å². The molecule has 1 saturated heterocycles. The van der Waals surface area contributed by atoms with Crippen LogP contribution >= 0.6 is 35.8 Å². The molecule has 1 unspecified atom stereocenters. The molecule has 1 aromatic heterocycles. The van der Waals surface area contributed by atoms with Gasteiger partial charge in [-0.2, -0.15) is 11.8 Å². The molecule has 1 fully saturated rings.